The molecular weight excluding hydrogens is 256 g/mol. The van der Waals surface area contributed by atoms with Crippen molar-refractivity contribution in [1.29, 1.82) is 5.26 Å². The van der Waals surface area contributed by atoms with E-state index in [0.29, 0.717) is 0 Å². The molecule has 4 nitrogen and oxygen atoms in total. The number of hydrogen-bond donors (Lipinski definition) is 1. The molecule has 0 bridgehead atoms. The number of nitriles is 1. The van der Waals surface area contributed by atoms with Crippen molar-refractivity contribution in [2.45, 2.75) is 12.5 Å². The fourth-order valence-corrected chi connectivity index (χ4v) is 1.48. The highest BCUT2D eigenvalue weighted by molar-refractivity contribution is 6.17. The standard InChI is InChI=1S/C10H6ClF2NO3/c11-3-7-6(4-14)1-5(9(15)16)2-8(7)17-10(12)13/h1-2,10H,3H2,(H,15,16). The van der Waals surface area contributed by atoms with E-state index in [9.17, 15) is 13.6 Å². The van der Waals surface area contributed by atoms with Gasteiger partial charge in [0.2, 0.25) is 0 Å². The monoisotopic (exact) mass is 261 g/mol. The van der Waals surface area contributed by atoms with Crippen LogP contribution in [0, 0.1) is 11.3 Å². The number of halogens is 3. The largest absolute Gasteiger partial charge is 0.478 e. The Labute approximate surface area is 100.0 Å². The SMILES string of the molecule is N#Cc1cc(C(=O)O)cc(OC(F)F)c1CCl. The van der Waals surface area contributed by atoms with Crippen LogP contribution in [0.1, 0.15) is 21.5 Å². The van der Waals surface area contributed by atoms with Gasteiger partial charge >= 0.3 is 12.6 Å². The second-order valence-electron chi connectivity index (χ2n) is 2.93. The number of benzene rings is 1. The summed E-state index contributed by atoms with van der Waals surface area (Å²) in [5, 5.41) is 17.5. The van der Waals surface area contributed by atoms with Gasteiger partial charge in [0, 0.05) is 5.56 Å². The van der Waals surface area contributed by atoms with Crippen LogP contribution in [0.15, 0.2) is 12.1 Å². The van der Waals surface area contributed by atoms with Crippen LogP contribution >= 0.6 is 11.6 Å². The van der Waals surface area contributed by atoms with Crippen LogP contribution in [0.3, 0.4) is 0 Å². The Morgan fingerprint density at radius 3 is 2.65 bits per heavy atom. The van der Waals surface area contributed by atoms with Crippen molar-refractivity contribution in [3.8, 4) is 11.8 Å². The van der Waals surface area contributed by atoms with Crippen LogP contribution in [-0.4, -0.2) is 17.7 Å². The number of aromatic carboxylic acids is 1. The number of carboxylic acid groups (broad SMARTS) is 1. The lowest BCUT2D eigenvalue weighted by Crippen LogP contribution is -2.07. The van der Waals surface area contributed by atoms with Crippen LogP contribution in [0.25, 0.3) is 0 Å². The number of carboxylic acids is 1. The maximum Gasteiger partial charge on any atom is 0.387 e. The topological polar surface area (TPSA) is 70.3 Å². The van der Waals surface area contributed by atoms with Crippen molar-refractivity contribution in [2.24, 2.45) is 0 Å². The van der Waals surface area contributed by atoms with Gasteiger partial charge in [-0.3, -0.25) is 0 Å². The molecule has 0 amide bonds. The molecule has 1 aromatic rings. The maximum atomic E-state index is 12.1. The molecule has 1 N–H and O–H groups in total. The molecule has 0 heterocycles. The first-order valence-electron chi connectivity index (χ1n) is 4.30. The molecule has 0 aliphatic rings. The van der Waals surface area contributed by atoms with Gasteiger partial charge in [-0.2, -0.15) is 14.0 Å². The van der Waals surface area contributed by atoms with E-state index in [4.69, 9.17) is 22.0 Å². The van der Waals surface area contributed by atoms with Gasteiger partial charge in [-0.15, -0.1) is 11.6 Å². The van der Waals surface area contributed by atoms with Crippen molar-refractivity contribution in [3.63, 3.8) is 0 Å². The number of nitrogens with zero attached hydrogens (tertiary/aromatic N) is 1. The lowest BCUT2D eigenvalue weighted by Gasteiger charge is -2.11. The van der Waals surface area contributed by atoms with E-state index in [1.807, 2.05) is 0 Å². The highest BCUT2D eigenvalue weighted by Crippen LogP contribution is 2.27. The zero-order valence-electron chi connectivity index (χ0n) is 8.28. The summed E-state index contributed by atoms with van der Waals surface area (Å²) < 4.78 is 28.4. The first kappa shape index (κ1) is 13.2. The molecule has 0 atom stereocenters. The lowest BCUT2D eigenvalue weighted by atomic mass is 10.0. The van der Waals surface area contributed by atoms with Gasteiger partial charge in [0.1, 0.15) is 5.75 Å². The van der Waals surface area contributed by atoms with E-state index >= 15 is 0 Å². The summed E-state index contributed by atoms with van der Waals surface area (Å²) in [7, 11) is 0. The van der Waals surface area contributed by atoms with Gasteiger partial charge in [0.25, 0.3) is 0 Å². The third-order valence-corrected chi connectivity index (χ3v) is 2.19. The van der Waals surface area contributed by atoms with Crippen LogP contribution in [0.5, 0.6) is 5.75 Å². The van der Waals surface area contributed by atoms with Gasteiger partial charge in [-0.25, -0.2) is 4.79 Å². The summed E-state index contributed by atoms with van der Waals surface area (Å²) in [5.74, 6) is -1.97. The van der Waals surface area contributed by atoms with E-state index in [1.165, 1.54) is 0 Å². The summed E-state index contributed by atoms with van der Waals surface area (Å²) in [6.45, 7) is -3.12. The lowest BCUT2D eigenvalue weighted by molar-refractivity contribution is -0.0504. The minimum atomic E-state index is -3.12. The summed E-state index contributed by atoms with van der Waals surface area (Å²) in [6, 6.07) is 3.65. The molecule has 1 rings (SSSR count). The van der Waals surface area contributed by atoms with Gasteiger partial charge in [0.15, 0.2) is 0 Å². The number of carbonyl (C=O) groups is 1. The number of ether oxygens (including phenoxy) is 1. The van der Waals surface area contributed by atoms with Crippen LogP contribution < -0.4 is 4.74 Å². The number of rotatable bonds is 4. The third-order valence-electron chi connectivity index (χ3n) is 1.93. The molecule has 0 saturated heterocycles. The predicted octanol–water partition coefficient (Wildman–Crippen LogP) is 2.60. The van der Waals surface area contributed by atoms with E-state index < -0.39 is 18.3 Å². The first-order chi connectivity index (χ1) is 7.99. The van der Waals surface area contributed by atoms with Crippen molar-refractivity contribution < 1.29 is 23.4 Å². The molecule has 17 heavy (non-hydrogen) atoms. The van der Waals surface area contributed by atoms with Crippen molar-refractivity contribution in [1.82, 2.24) is 0 Å². The normalized spacial score (nSPS) is 10.1. The highest BCUT2D eigenvalue weighted by Gasteiger charge is 2.17. The Bertz CT molecular complexity index is 485. The predicted molar refractivity (Wildman–Crippen MR) is 54.3 cm³/mol. The smallest absolute Gasteiger partial charge is 0.387 e. The quantitative estimate of drug-likeness (QED) is 0.846. The Morgan fingerprint density at radius 2 is 2.24 bits per heavy atom. The Hall–Kier alpha value is -1.87. The van der Waals surface area contributed by atoms with Crippen molar-refractivity contribution in [3.05, 3.63) is 28.8 Å². The molecule has 90 valence electrons. The Morgan fingerprint density at radius 1 is 1.59 bits per heavy atom. The molecule has 0 saturated carbocycles. The molecular formula is C10H6ClF2NO3. The van der Waals surface area contributed by atoms with Crippen LogP contribution in [0.2, 0.25) is 0 Å². The Balaban J connectivity index is 3.38. The number of alkyl halides is 3. The molecule has 0 aliphatic heterocycles. The maximum absolute atomic E-state index is 12.1. The van der Waals surface area contributed by atoms with Gasteiger partial charge in [0.05, 0.1) is 23.1 Å². The van der Waals surface area contributed by atoms with Crippen molar-refractivity contribution in [2.75, 3.05) is 0 Å². The Kier molecular flexibility index (Phi) is 4.24. The molecule has 0 unspecified atom stereocenters. The molecule has 0 aromatic heterocycles. The fourth-order valence-electron chi connectivity index (χ4n) is 1.21. The minimum absolute atomic E-state index is 0.0412. The summed E-state index contributed by atoms with van der Waals surface area (Å²) in [6.07, 6.45) is 0. The second kappa shape index (κ2) is 5.46. The molecule has 0 radical (unpaired) electrons. The van der Waals surface area contributed by atoms with E-state index in [0.717, 1.165) is 12.1 Å². The molecule has 0 spiro atoms. The molecule has 7 heteroatoms. The van der Waals surface area contributed by atoms with E-state index in [2.05, 4.69) is 4.74 Å². The fraction of sp³-hybridized carbons (Fsp3) is 0.200. The van der Waals surface area contributed by atoms with Gasteiger partial charge in [-0.05, 0) is 12.1 Å². The van der Waals surface area contributed by atoms with E-state index in [-0.39, 0.29) is 22.6 Å². The molecule has 0 fully saturated rings. The van der Waals surface area contributed by atoms with Crippen LogP contribution in [-0.2, 0) is 5.88 Å². The molecule has 1 aromatic carbocycles. The summed E-state index contributed by atoms with van der Waals surface area (Å²) in [5.41, 5.74) is -0.374. The average Bonchev–Trinajstić information content (AvgIpc) is 2.26. The van der Waals surface area contributed by atoms with E-state index in [1.54, 1.807) is 6.07 Å². The van der Waals surface area contributed by atoms with Gasteiger partial charge < -0.3 is 9.84 Å². The first-order valence-corrected chi connectivity index (χ1v) is 4.84. The average molecular weight is 262 g/mol. The highest BCUT2D eigenvalue weighted by atomic mass is 35.5. The van der Waals surface area contributed by atoms with Gasteiger partial charge in [-0.1, -0.05) is 0 Å². The summed E-state index contributed by atoms with van der Waals surface area (Å²) in [4.78, 5) is 10.7. The summed E-state index contributed by atoms with van der Waals surface area (Å²) >= 11 is 5.51. The number of hydrogen-bond acceptors (Lipinski definition) is 3. The zero-order valence-corrected chi connectivity index (χ0v) is 9.04. The van der Waals surface area contributed by atoms with Crippen LogP contribution in [0.4, 0.5) is 8.78 Å². The third kappa shape index (κ3) is 3.04. The molecule has 0 aliphatic carbocycles. The zero-order chi connectivity index (χ0) is 13.0. The van der Waals surface area contributed by atoms with Crippen molar-refractivity contribution >= 4 is 17.6 Å². The minimum Gasteiger partial charge on any atom is -0.478 e. The second-order valence-corrected chi connectivity index (χ2v) is 3.20.